The maximum Gasteiger partial charge on any atom is 0.327 e. The number of ether oxygens (including phenoxy) is 1. The minimum absolute atomic E-state index is 0.0882. The number of hydrogen-bond acceptors (Lipinski definition) is 9. The highest BCUT2D eigenvalue weighted by Crippen LogP contribution is 2.55. The smallest absolute Gasteiger partial charge is 0.327 e. The molecule has 1 fully saturated rings. The largest absolute Gasteiger partial charge is 0.507 e. The first-order valence-electron chi connectivity index (χ1n) is 11.0. The van der Waals surface area contributed by atoms with E-state index in [0.29, 0.717) is 18.2 Å². The maximum absolute atomic E-state index is 14.0. The lowest BCUT2D eigenvalue weighted by atomic mass is 9.63. The van der Waals surface area contributed by atoms with Gasteiger partial charge < -0.3 is 30.5 Å². The number of fused-ring (bicyclic) bond motifs is 2. The molecule has 0 saturated carbocycles. The maximum atomic E-state index is 14.0. The molecule has 190 valence electrons. The van der Waals surface area contributed by atoms with E-state index in [1.54, 1.807) is 6.92 Å². The average molecular weight is 510 g/mol. The Morgan fingerprint density at radius 2 is 1.91 bits per heavy atom. The zero-order valence-electron chi connectivity index (χ0n) is 19.1. The highest BCUT2D eigenvalue weighted by Gasteiger charge is 2.70. The normalized spacial score (nSPS) is 28.5. The van der Waals surface area contributed by atoms with Crippen LogP contribution in [0.5, 0.6) is 5.75 Å². The summed E-state index contributed by atoms with van der Waals surface area (Å²) in [4.78, 5) is 62.5. The number of aliphatic hydroxyl groups is 1. The van der Waals surface area contributed by atoms with Crippen LogP contribution in [0.25, 0.3) is 0 Å². The van der Waals surface area contributed by atoms with Crippen LogP contribution in [-0.4, -0.2) is 84.2 Å². The van der Waals surface area contributed by atoms with Crippen molar-refractivity contribution in [3.63, 3.8) is 0 Å². The lowest BCUT2D eigenvalue weighted by molar-refractivity contribution is -0.174. The number of Topliss-reactive ketones (excluding diaryl/α,β-unsaturated/α-hetero) is 2. The van der Waals surface area contributed by atoms with Gasteiger partial charge in [0, 0.05) is 18.2 Å². The summed E-state index contributed by atoms with van der Waals surface area (Å²) in [6, 6.07) is 2.43. The second-order valence-corrected chi connectivity index (χ2v) is 10.0. The molecule has 1 aromatic rings. The van der Waals surface area contributed by atoms with Crippen molar-refractivity contribution in [3.05, 3.63) is 29.3 Å². The number of carboxylic acid groups (broad SMARTS) is 2. The highest BCUT2D eigenvalue weighted by atomic mass is 32.2. The fraction of sp³-hybridized carbons (Fsp3) is 0.522. The molecule has 1 saturated heterocycles. The third-order valence-electron chi connectivity index (χ3n) is 6.31. The van der Waals surface area contributed by atoms with Gasteiger partial charge in [-0.3, -0.25) is 19.2 Å². The van der Waals surface area contributed by atoms with Gasteiger partial charge in [0.1, 0.15) is 16.5 Å². The van der Waals surface area contributed by atoms with Crippen molar-refractivity contribution in [1.29, 1.82) is 0 Å². The van der Waals surface area contributed by atoms with Crippen molar-refractivity contribution in [2.45, 2.75) is 68.1 Å². The highest BCUT2D eigenvalue weighted by molar-refractivity contribution is 8.01. The molecule has 11 nitrogen and oxygen atoms in total. The number of amides is 1. The van der Waals surface area contributed by atoms with Crippen LogP contribution in [0.3, 0.4) is 0 Å². The molecule has 1 aliphatic carbocycles. The number of aliphatic carboxylic acids is 2. The van der Waals surface area contributed by atoms with Crippen LogP contribution in [0.2, 0.25) is 0 Å². The molecule has 2 aliphatic rings. The zero-order valence-corrected chi connectivity index (χ0v) is 20.0. The second-order valence-electron chi connectivity index (χ2n) is 8.69. The van der Waals surface area contributed by atoms with Crippen molar-refractivity contribution in [3.8, 4) is 5.75 Å². The Bertz CT molecular complexity index is 1070. The Hall–Kier alpha value is -2.96. The zero-order chi connectivity index (χ0) is 26.1. The predicted molar refractivity (Wildman–Crippen MR) is 123 cm³/mol. The summed E-state index contributed by atoms with van der Waals surface area (Å²) in [6.07, 6.45) is -2.77. The summed E-state index contributed by atoms with van der Waals surface area (Å²) in [5.41, 5.74) is -3.05. The first-order chi connectivity index (χ1) is 16.4. The Morgan fingerprint density at radius 1 is 1.23 bits per heavy atom. The van der Waals surface area contributed by atoms with Crippen LogP contribution < -0.4 is 5.32 Å². The number of carbonyl (C=O) groups is 5. The van der Waals surface area contributed by atoms with Crippen molar-refractivity contribution in [1.82, 2.24) is 5.32 Å². The number of thioether (sulfide) groups is 1. The first-order valence-corrected chi connectivity index (χ1v) is 12.0. The van der Waals surface area contributed by atoms with E-state index >= 15 is 0 Å². The Morgan fingerprint density at radius 3 is 2.49 bits per heavy atom. The van der Waals surface area contributed by atoms with Crippen LogP contribution in [0, 0.1) is 0 Å². The molecular weight excluding hydrogens is 482 g/mol. The van der Waals surface area contributed by atoms with E-state index in [0.717, 1.165) is 6.92 Å². The van der Waals surface area contributed by atoms with Crippen molar-refractivity contribution >= 4 is 41.2 Å². The number of phenolic OH excluding ortho intramolecular Hbond substituents is 1. The monoisotopic (exact) mass is 509 g/mol. The molecule has 5 N–H and O–H groups in total. The SMILES string of the molecule is CCC[C@H]1O[C@H](CC(=O)O)C[C@]2(SC[C@H](NC(C)=O)C(=O)O)C(=O)c3cccc(O)c3C(=O)[C@@]12O. The van der Waals surface area contributed by atoms with Gasteiger partial charge in [-0.05, 0) is 18.9 Å². The van der Waals surface area contributed by atoms with Crippen molar-refractivity contribution < 1.29 is 49.1 Å². The minimum Gasteiger partial charge on any atom is -0.507 e. The van der Waals surface area contributed by atoms with Gasteiger partial charge in [-0.15, -0.1) is 11.8 Å². The van der Waals surface area contributed by atoms with Gasteiger partial charge in [0.2, 0.25) is 11.7 Å². The number of carbonyl (C=O) groups excluding carboxylic acids is 3. The molecule has 1 aromatic carbocycles. The van der Waals surface area contributed by atoms with Crippen LogP contribution in [0.1, 0.15) is 60.2 Å². The lowest BCUT2D eigenvalue weighted by Gasteiger charge is -2.55. The molecule has 0 unspecified atom stereocenters. The van der Waals surface area contributed by atoms with Crippen molar-refractivity contribution in [2.75, 3.05) is 5.75 Å². The Kier molecular flexibility index (Phi) is 7.58. The van der Waals surface area contributed by atoms with E-state index < -0.39 is 82.4 Å². The molecule has 12 heteroatoms. The quantitative estimate of drug-likeness (QED) is 0.319. The molecule has 5 atom stereocenters. The van der Waals surface area contributed by atoms with Gasteiger partial charge in [-0.1, -0.05) is 25.5 Å². The number of ketones is 2. The first kappa shape index (κ1) is 26.6. The molecule has 3 rings (SSSR count). The van der Waals surface area contributed by atoms with Crippen LogP contribution in [-0.2, 0) is 19.1 Å². The number of carboxylic acids is 2. The molecular formula is C23H27NO10S. The molecule has 0 spiro atoms. The van der Waals surface area contributed by atoms with Gasteiger partial charge in [-0.2, -0.15) is 0 Å². The van der Waals surface area contributed by atoms with E-state index in [-0.39, 0.29) is 17.5 Å². The second kappa shape index (κ2) is 9.96. The Labute approximate surface area is 204 Å². The van der Waals surface area contributed by atoms with Crippen LogP contribution in [0.4, 0.5) is 0 Å². The molecule has 1 amide bonds. The van der Waals surface area contributed by atoms with Gasteiger partial charge >= 0.3 is 11.9 Å². The summed E-state index contributed by atoms with van der Waals surface area (Å²) in [6.45, 7) is 2.87. The number of hydrogen-bond donors (Lipinski definition) is 5. The summed E-state index contributed by atoms with van der Waals surface area (Å²) >= 11 is 0.677. The summed E-state index contributed by atoms with van der Waals surface area (Å²) < 4.78 is 3.82. The Balaban J connectivity index is 2.21. The van der Waals surface area contributed by atoms with Crippen LogP contribution >= 0.6 is 11.8 Å². The van der Waals surface area contributed by atoms with Crippen molar-refractivity contribution in [2.24, 2.45) is 0 Å². The predicted octanol–water partition coefficient (Wildman–Crippen LogP) is 0.996. The fourth-order valence-electron chi connectivity index (χ4n) is 4.82. The summed E-state index contributed by atoms with van der Waals surface area (Å²) in [5, 5.41) is 43.6. The van der Waals surface area contributed by atoms with E-state index in [4.69, 9.17) is 4.74 Å². The summed E-state index contributed by atoms with van der Waals surface area (Å²) in [5.74, 6) is -5.85. The van der Waals surface area contributed by atoms with Gasteiger partial charge in [0.15, 0.2) is 11.4 Å². The standard InChI is InChI=1S/C23H27NO10S/c1-3-5-16-23(33)20(30)18-13(6-4-7-15(18)26)19(29)22(23,9-12(34-16)8-17(27)28)35-10-14(21(31)32)24-11(2)25/h4,6-7,12,14,16,26,33H,3,5,8-10H2,1-2H3,(H,24,25)(H,27,28)(H,31,32)/t12-,14+,16-,22+,23+/m1/s1. The number of rotatable bonds is 9. The third-order valence-corrected chi connectivity index (χ3v) is 7.96. The number of phenols is 1. The number of nitrogens with one attached hydrogen (secondary N) is 1. The minimum atomic E-state index is -2.52. The number of aromatic hydroxyl groups is 1. The molecule has 0 radical (unpaired) electrons. The molecule has 35 heavy (non-hydrogen) atoms. The van der Waals surface area contributed by atoms with E-state index in [1.165, 1.54) is 18.2 Å². The van der Waals surface area contributed by atoms with Gasteiger partial charge in [0.05, 0.1) is 24.2 Å². The topological polar surface area (TPSA) is 188 Å². The molecule has 1 aliphatic heterocycles. The lowest BCUT2D eigenvalue weighted by Crippen LogP contribution is -2.74. The molecule has 1 heterocycles. The fourth-order valence-corrected chi connectivity index (χ4v) is 6.49. The van der Waals surface area contributed by atoms with Gasteiger partial charge in [-0.25, -0.2) is 4.79 Å². The average Bonchev–Trinajstić information content (AvgIpc) is 2.76. The summed E-state index contributed by atoms with van der Waals surface area (Å²) in [7, 11) is 0. The third kappa shape index (κ3) is 4.53. The van der Waals surface area contributed by atoms with E-state index in [9.17, 15) is 44.4 Å². The molecule has 0 aromatic heterocycles. The van der Waals surface area contributed by atoms with E-state index in [2.05, 4.69) is 5.32 Å². The van der Waals surface area contributed by atoms with Gasteiger partial charge in [0.25, 0.3) is 0 Å². The van der Waals surface area contributed by atoms with E-state index in [1.807, 2.05) is 0 Å². The molecule has 0 bridgehead atoms. The number of benzene rings is 1. The van der Waals surface area contributed by atoms with Crippen LogP contribution in [0.15, 0.2) is 18.2 Å².